The van der Waals surface area contributed by atoms with Crippen LogP contribution >= 0.6 is 0 Å². The summed E-state index contributed by atoms with van der Waals surface area (Å²) in [4.78, 5) is 0. The van der Waals surface area contributed by atoms with Gasteiger partial charge in [0.2, 0.25) is 0 Å². The summed E-state index contributed by atoms with van der Waals surface area (Å²) in [5.74, 6) is 6.35. The molecule has 1 heterocycles. The van der Waals surface area contributed by atoms with Crippen molar-refractivity contribution in [2.75, 3.05) is 0 Å². The summed E-state index contributed by atoms with van der Waals surface area (Å²) in [5.41, 5.74) is 1.30. The van der Waals surface area contributed by atoms with Crippen molar-refractivity contribution in [3.05, 3.63) is 59.5 Å². The molecule has 0 aliphatic rings. The minimum Gasteiger partial charge on any atom is -0.456 e. The van der Waals surface area contributed by atoms with Gasteiger partial charge in [0, 0.05) is 5.56 Å². The summed E-state index contributed by atoms with van der Waals surface area (Å²) < 4.78 is 5.07. The van der Waals surface area contributed by atoms with Gasteiger partial charge in [-0.1, -0.05) is 18.1 Å². The first-order valence-corrected chi connectivity index (χ1v) is 4.45. The molecular weight excluding hydrogens is 186 g/mol. The molecule has 15 heavy (non-hydrogen) atoms. The molecule has 0 radical (unpaired) electrons. The van der Waals surface area contributed by atoms with Crippen molar-refractivity contribution in [1.82, 2.24) is 0 Å². The third-order valence-corrected chi connectivity index (χ3v) is 1.89. The lowest BCUT2D eigenvalue weighted by atomic mass is 10.1. The Kier molecular flexibility index (Phi) is 2.54. The van der Waals surface area contributed by atoms with Crippen LogP contribution in [0, 0.1) is 23.2 Å². The van der Waals surface area contributed by atoms with Crippen LogP contribution in [0.3, 0.4) is 0 Å². The van der Waals surface area contributed by atoms with Crippen molar-refractivity contribution in [2.24, 2.45) is 0 Å². The van der Waals surface area contributed by atoms with E-state index in [2.05, 4.69) is 17.9 Å². The van der Waals surface area contributed by atoms with Crippen molar-refractivity contribution in [1.29, 1.82) is 5.26 Å². The Labute approximate surface area is 87.8 Å². The fourth-order valence-corrected chi connectivity index (χ4v) is 1.17. The van der Waals surface area contributed by atoms with E-state index in [9.17, 15) is 0 Å². The monoisotopic (exact) mass is 193 g/mol. The molecule has 2 aromatic rings. The Bertz CT molecular complexity index is 550. The highest BCUT2D eigenvalue weighted by Gasteiger charge is 1.95. The topological polar surface area (TPSA) is 36.9 Å². The minimum atomic E-state index is 0.580. The van der Waals surface area contributed by atoms with Crippen LogP contribution in [0.2, 0.25) is 0 Å². The van der Waals surface area contributed by atoms with Crippen LogP contribution in [0.25, 0.3) is 0 Å². The van der Waals surface area contributed by atoms with Crippen molar-refractivity contribution in [3.63, 3.8) is 0 Å². The van der Waals surface area contributed by atoms with Gasteiger partial charge >= 0.3 is 0 Å². The van der Waals surface area contributed by atoms with E-state index in [1.54, 1.807) is 24.5 Å². The van der Waals surface area contributed by atoms with E-state index in [-0.39, 0.29) is 0 Å². The lowest BCUT2D eigenvalue weighted by Gasteiger charge is -1.91. The average molecular weight is 193 g/mol. The zero-order valence-corrected chi connectivity index (χ0v) is 7.90. The smallest absolute Gasteiger partial charge is 0.176 e. The van der Waals surface area contributed by atoms with Crippen molar-refractivity contribution in [2.45, 2.75) is 0 Å². The second-order valence-electron chi connectivity index (χ2n) is 2.88. The maximum absolute atomic E-state index is 8.83. The largest absolute Gasteiger partial charge is 0.456 e. The molecule has 1 aromatic carbocycles. The molecule has 0 unspecified atom stereocenters. The van der Waals surface area contributed by atoms with Gasteiger partial charge in [0.05, 0.1) is 11.8 Å². The van der Waals surface area contributed by atoms with E-state index in [0.29, 0.717) is 11.3 Å². The van der Waals surface area contributed by atoms with Gasteiger partial charge in [0.1, 0.15) is 6.07 Å². The fourth-order valence-electron chi connectivity index (χ4n) is 1.17. The van der Waals surface area contributed by atoms with Crippen LogP contribution in [0.4, 0.5) is 0 Å². The highest BCUT2D eigenvalue weighted by molar-refractivity contribution is 5.49. The lowest BCUT2D eigenvalue weighted by molar-refractivity contribution is 0.554. The van der Waals surface area contributed by atoms with E-state index < -0.39 is 0 Å². The van der Waals surface area contributed by atoms with Gasteiger partial charge in [0.25, 0.3) is 0 Å². The normalized spacial score (nSPS) is 8.73. The van der Waals surface area contributed by atoms with E-state index in [4.69, 9.17) is 9.68 Å². The Morgan fingerprint density at radius 2 is 1.73 bits per heavy atom. The van der Waals surface area contributed by atoms with E-state index in [1.807, 2.05) is 18.2 Å². The second kappa shape index (κ2) is 4.17. The highest BCUT2D eigenvalue weighted by atomic mass is 16.3. The summed E-state index contributed by atoms with van der Waals surface area (Å²) in [7, 11) is 0. The Balaban J connectivity index is 2.36. The quantitative estimate of drug-likeness (QED) is 0.603. The summed E-state index contributed by atoms with van der Waals surface area (Å²) in [6, 6.07) is 12.9. The molecule has 0 aliphatic carbocycles. The highest BCUT2D eigenvalue weighted by Crippen LogP contribution is 2.05. The summed E-state index contributed by atoms with van der Waals surface area (Å²) in [6.45, 7) is 0. The zero-order chi connectivity index (χ0) is 10.5. The summed E-state index contributed by atoms with van der Waals surface area (Å²) in [5, 5.41) is 8.83. The van der Waals surface area contributed by atoms with E-state index in [1.165, 1.54) is 0 Å². The molecule has 2 nitrogen and oxygen atoms in total. The first kappa shape index (κ1) is 9.12. The molecule has 0 amide bonds. The van der Waals surface area contributed by atoms with Crippen LogP contribution in [0.5, 0.6) is 0 Å². The van der Waals surface area contributed by atoms with Gasteiger partial charge in [-0.3, -0.25) is 0 Å². The number of rotatable bonds is 0. The minimum absolute atomic E-state index is 0.580. The number of benzene rings is 1. The predicted octanol–water partition coefficient (Wildman–Crippen LogP) is 2.55. The molecule has 2 rings (SSSR count). The van der Waals surface area contributed by atoms with E-state index >= 15 is 0 Å². The van der Waals surface area contributed by atoms with Gasteiger partial charge in [0.15, 0.2) is 5.76 Å². The summed E-state index contributed by atoms with van der Waals surface area (Å²) in [6.07, 6.45) is 1.57. The fraction of sp³-hybridized carbons (Fsp3) is 0. The Morgan fingerprint density at radius 1 is 0.933 bits per heavy atom. The van der Waals surface area contributed by atoms with Crippen molar-refractivity contribution < 1.29 is 4.42 Å². The standard InChI is InChI=1S/C13H7NO/c14-10-12-5-2-1-4-11(12)7-8-13-6-3-9-15-13/h1-6,9H. The molecule has 0 saturated heterocycles. The number of hydrogen-bond donors (Lipinski definition) is 0. The number of nitrogens with zero attached hydrogens (tertiary/aromatic N) is 1. The molecule has 70 valence electrons. The SMILES string of the molecule is N#Cc1ccccc1C#Cc1ccco1. The first-order valence-electron chi connectivity index (χ1n) is 4.45. The van der Waals surface area contributed by atoms with Gasteiger partial charge in [-0.25, -0.2) is 0 Å². The molecular formula is C13H7NO. The maximum Gasteiger partial charge on any atom is 0.176 e. The van der Waals surface area contributed by atoms with Crippen molar-refractivity contribution >= 4 is 0 Å². The average Bonchev–Trinajstić information content (AvgIpc) is 2.79. The third-order valence-electron chi connectivity index (χ3n) is 1.89. The van der Waals surface area contributed by atoms with Crippen LogP contribution in [0.1, 0.15) is 16.9 Å². The predicted molar refractivity (Wildman–Crippen MR) is 55.8 cm³/mol. The molecule has 0 saturated carbocycles. The van der Waals surface area contributed by atoms with Crippen molar-refractivity contribution in [3.8, 4) is 17.9 Å². The number of hydrogen-bond acceptors (Lipinski definition) is 2. The Morgan fingerprint density at radius 3 is 2.40 bits per heavy atom. The molecule has 0 spiro atoms. The van der Waals surface area contributed by atoms with Crippen LogP contribution in [-0.4, -0.2) is 0 Å². The molecule has 1 aromatic heterocycles. The van der Waals surface area contributed by atoms with Crippen LogP contribution < -0.4 is 0 Å². The second-order valence-corrected chi connectivity index (χ2v) is 2.88. The zero-order valence-electron chi connectivity index (χ0n) is 7.90. The van der Waals surface area contributed by atoms with Crippen LogP contribution in [0.15, 0.2) is 47.1 Å². The number of nitriles is 1. The van der Waals surface area contributed by atoms with Gasteiger partial charge in [-0.05, 0) is 30.2 Å². The summed E-state index contributed by atoms with van der Waals surface area (Å²) >= 11 is 0. The van der Waals surface area contributed by atoms with E-state index in [0.717, 1.165) is 5.56 Å². The van der Waals surface area contributed by atoms with Gasteiger partial charge in [-0.15, -0.1) is 0 Å². The lowest BCUT2D eigenvalue weighted by Crippen LogP contribution is -1.81. The van der Waals surface area contributed by atoms with Crippen LogP contribution in [-0.2, 0) is 0 Å². The molecule has 0 aliphatic heterocycles. The molecule has 2 heteroatoms. The molecule has 0 fully saturated rings. The Hall–Kier alpha value is -2.45. The molecule has 0 N–H and O–H groups in total. The van der Waals surface area contributed by atoms with Gasteiger partial charge in [-0.2, -0.15) is 5.26 Å². The van der Waals surface area contributed by atoms with Gasteiger partial charge < -0.3 is 4.42 Å². The first-order chi connectivity index (χ1) is 7.40. The molecule has 0 bridgehead atoms. The maximum atomic E-state index is 8.83. The third kappa shape index (κ3) is 2.07. The molecule has 0 atom stereocenters. The number of furan rings is 1.